The molecule has 0 aliphatic carbocycles. The average molecular weight is 353 g/mol. The molecule has 1 unspecified atom stereocenters. The highest BCUT2D eigenvalue weighted by Gasteiger charge is 2.25. The Kier molecular flexibility index (Phi) is 4.52. The lowest BCUT2D eigenvalue weighted by molar-refractivity contribution is 0.482. The molecule has 1 atom stereocenters. The fourth-order valence-corrected chi connectivity index (χ4v) is 4.18. The van der Waals surface area contributed by atoms with E-state index < -0.39 is 32.6 Å². The summed E-state index contributed by atoms with van der Waals surface area (Å²) in [5, 5.41) is 0. The lowest BCUT2D eigenvalue weighted by atomic mass is 10.3. The number of nitrogens with two attached hydrogens (primary N) is 1. The van der Waals surface area contributed by atoms with Crippen LogP contribution in [-0.2, 0) is 10.0 Å². The van der Waals surface area contributed by atoms with Crippen molar-refractivity contribution >= 4 is 38.6 Å². The second kappa shape index (κ2) is 5.88. The summed E-state index contributed by atoms with van der Waals surface area (Å²) in [6.45, 7) is 1.57. The molecule has 1 aromatic heterocycles. The van der Waals surface area contributed by atoms with Gasteiger partial charge in [0, 0.05) is 10.6 Å². The van der Waals surface area contributed by atoms with Crippen LogP contribution in [0.2, 0.25) is 4.34 Å². The zero-order chi connectivity index (χ0) is 15.8. The Labute approximate surface area is 129 Å². The third-order valence-corrected chi connectivity index (χ3v) is 5.61. The van der Waals surface area contributed by atoms with E-state index in [0.29, 0.717) is 9.21 Å². The normalized spacial score (nSPS) is 13.3. The predicted molar refractivity (Wildman–Crippen MR) is 78.8 cm³/mol. The van der Waals surface area contributed by atoms with Gasteiger partial charge in [-0.2, -0.15) is 0 Å². The van der Waals surface area contributed by atoms with Crippen LogP contribution in [0, 0.1) is 11.6 Å². The number of nitrogens with one attached hydrogen (secondary N) is 1. The van der Waals surface area contributed by atoms with E-state index in [4.69, 9.17) is 17.3 Å². The number of sulfonamides is 1. The molecule has 0 aliphatic rings. The smallest absolute Gasteiger partial charge is 0.244 e. The van der Waals surface area contributed by atoms with Gasteiger partial charge in [0.15, 0.2) is 11.6 Å². The van der Waals surface area contributed by atoms with E-state index in [2.05, 4.69) is 4.72 Å². The van der Waals surface area contributed by atoms with Crippen molar-refractivity contribution in [2.75, 3.05) is 5.73 Å². The summed E-state index contributed by atoms with van der Waals surface area (Å²) >= 11 is 6.96. The Morgan fingerprint density at radius 2 is 2.00 bits per heavy atom. The van der Waals surface area contributed by atoms with Crippen molar-refractivity contribution in [1.29, 1.82) is 0 Å². The number of thiophene rings is 1. The van der Waals surface area contributed by atoms with Crippen molar-refractivity contribution < 1.29 is 17.2 Å². The minimum atomic E-state index is -4.26. The molecule has 1 aromatic carbocycles. The predicted octanol–water partition coefficient (Wildman–Crippen LogP) is 3.30. The molecule has 114 valence electrons. The van der Waals surface area contributed by atoms with Crippen LogP contribution in [0.25, 0.3) is 0 Å². The Morgan fingerprint density at radius 3 is 2.57 bits per heavy atom. The third-order valence-electron chi connectivity index (χ3n) is 2.66. The fourth-order valence-electron chi connectivity index (χ4n) is 1.69. The van der Waals surface area contributed by atoms with Gasteiger partial charge in [-0.25, -0.2) is 21.9 Å². The number of anilines is 1. The van der Waals surface area contributed by atoms with Gasteiger partial charge in [-0.15, -0.1) is 11.3 Å². The van der Waals surface area contributed by atoms with Crippen LogP contribution < -0.4 is 10.5 Å². The molecule has 1 heterocycles. The zero-order valence-electron chi connectivity index (χ0n) is 10.7. The van der Waals surface area contributed by atoms with Gasteiger partial charge in [-0.3, -0.25) is 0 Å². The summed E-state index contributed by atoms with van der Waals surface area (Å²) in [5.74, 6) is -2.78. The van der Waals surface area contributed by atoms with Gasteiger partial charge in [0.1, 0.15) is 4.90 Å². The van der Waals surface area contributed by atoms with Crippen LogP contribution in [0.5, 0.6) is 0 Å². The summed E-state index contributed by atoms with van der Waals surface area (Å²) in [6, 6.07) is 4.21. The Hall–Kier alpha value is -1.22. The minimum absolute atomic E-state index is 0.180. The van der Waals surface area contributed by atoms with Gasteiger partial charge >= 0.3 is 0 Å². The lowest BCUT2D eigenvalue weighted by Crippen LogP contribution is -2.27. The van der Waals surface area contributed by atoms with Crippen molar-refractivity contribution in [3.63, 3.8) is 0 Å². The van der Waals surface area contributed by atoms with Gasteiger partial charge in [0.25, 0.3) is 0 Å². The standard InChI is InChI=1S/C12H11ClF2N2O2S2/c1-6(9-2-3-11(13)20-9)17-21(18,19)10-5-7(16)4-8(14)12(10)15/h2-6,17H,16H2,1H3. The van der Waals surface area contributed by atoms with Crippen LogP contribution in [0.3, 0.4) is 0 Å². The van der Waals surface area contributed by atoms with Crippen molar-refractivity contribution in [3.05, 3.63) is 45.1 Å². The summed E-state index contributed by atoms with van der Waals surface area (Å²) < 4.78 is 54.0. The van der Waals surface area contributed by atoms with Crippen LogP contribution in [0.15, 0.2) is 29.2 Å². The summed E-state index contributed by atoms with van der Waals surface area (Å²) in [6.07, 6.45) is 0. The van der Waals surface area contributed by atoms with Gasteiger partial charge in [-0.1, -0.05) is 11.6 Å². The van der Waals surface area contributed by atoms with Crippen molar-refractivity contribution in [2.45, 2.75) is 17.9 Å². The van der Waals surface area contributed by atoms with E-state index in [1.54, 1.807) is 19.1 Å². The molecule has 0 saturated carbocycles. The molecule has 0 bridgehead atoms. The van der Waals surface area contributed by atoms with E-state index in [-0.39, 0.29) is 5.69 Å². The fraction of sp³-hybridized carbons (Fsp3) is 0.167. The lowest BCUT2D eigenvalue weighted by Gasteiger charge is -2.14. The number of nitrogen functional groups attached to an aromatic ring is 1. The second-order valence-corrected chi connectivity index (χ2v) is 7.73. The highest BCUT2D eigenvalue weighted by Crippen LogP contribution is 2.28. The maximum absolute atomic E-state index is 13.7. The molecule has 0 amide bonds. The summed E-state index contributed by atoms with van der Waals surface area (Å²) in [4.78, 5) is -0.178. The first kappa shape index (κ1) is 16.2. The van der Waals surface area contributed by atoms with Gasteiger partial charge < -0.3 is 5.73 Å². The van der Waals surface area contributed by atoms with E-state index in [0.717, 1.165) is 12.1 Å². The van der Waals surface area contributed by atoms with Crippen LogP contribution >= 0.6 is 22.9 Å². The topological polar surface area (TPSA) is 72.2 Å². The molecule has 4 nitrogen and oxygen atoms in total. The average Bonchev–Trinajstić information content (AvgIpc) is 2.80. The summed E-state index contributed by atoms with van der Waals surface area (Å²) in [5.41, 5.74) is 5.18. The molecular weight excluding hydrogens is 342 g/mol. The largest absolute Gasteiger partial charge is 0.399 e. The van der Waals surface area contributed by atoms with Gasteiger partial charge in [-0.05, 0) is 31.2 Å². The van der Waals surface area contributed by atoms with E-state index >= 15 is 0 Å². The van der Waals surface area contributed by atoms with E-state index in [9.17, 15) is 17.2 Å². The Morgan fingerprint density at radius 1 is 1.33 bits per heavy atom. The minimum Gasteiger partial charge on any atom is -0.399 e. The molecule has 2 rings (SSSR count). The number of hydrogen-bond donors (Lipinski definition) is 2. The van der Waals surface area contributed by atoms with Crippen molar-refractivity contribution in [3.8, 4) is 0 Å². The third kappa shape index (κ3) is 3.52. The van der Waals surface area contributed by atoms with E-state index in [1.807, 2.05) is 0 Å². The molecular formula is C12H11ClF2N2O2S2. The van der Waals surface area contributed by atoms with Crippen molar-refractivity contribution in [2.24, 2.45) is 0 Å². The quantitative estimate of drug-likeness (QED) is 0.829. The molecule has 0 saturated heterocycles. The van der Waals surface area contributed by atoms with Gasteiger partial charge in [0.2, 0.25) is 10.0 Å². The van der Waals surface area contributed by atoms with Crippen LogP contribution in [-0.4, -0.2) is 8.42 Å². The second-order valence-electron chi connectivity index (χ2n) is 4.30. The maximum Gasteiger partial charge on any atom is 0.244 e. The molecule has 9 heteroatoms. The first-order valence-corrected chi connectivity index (χ1v) is 8.40. The monoisotopic (exact) mass is 352 g/mol. The van der Waals surface area contributed by atoms with Crippen LogP contribution in [0.1, 0.15) is 17.8 Å². The first-order chi connectivity index (χ1) is 9.70. The molecule has 0 aliphatic heterocycles. The SMILES string of the molecule is CC(NS(=O)(=O)c1cc(N)cc(F)c1F)c1ccc(Cl)s1. The Bertz CT molecular complexity index is 778. The molecule has 0 radical (unpaired) electrons. The highest BCUT2D eigenvalue weighted by molar-refractivity contribution is 7.89. The molecule has 0 spiro atoms. The maximum atomic E-state index is 13.7. The van der Waals surface area contributed by atoms with E-state index in [1.165, 1.54) is 11.3 Å². The number of rotatable bonds is 4. The number of benzene rings is 1. The molecule has 21 heavy (non-hydrogen) atoms. The number of hydrogen-bond acceptors (Lipinski definition) is 4. The van der Waals surface area contributed by atoms with Gasteiger partial charge in [0.05, 0.1) is 10.4 Å². The van der Waals surface area contributed by atoms with Crippen LogP contribution in [0.4, 0.5) is 14.5 Å². The zero-order valence-corrected chi connectivity index (χ0v) is 13.1. The summed E-state index contributed by atoms with van der Waals surface area (Å²) in [7, 11) is -4.26. The number of halogens is 3. The first-order valence-electron chi connectivity index (χ1n) is 5.73. The van der Waals surface area contributed by atoms with Crippen molar-refractivity contribution in [1.82, 2.24) is 4.72 Å². The molecule has 3 N–H and O–H groups in total. The highest BCUT2D eigenvalue weighted by atomic mass is 35.5. The Balaban J connectivity index is 2.35. The molecule has 0 fully saturated rings. The molecule has 2 aromatic rings.